The van der Waals surface area contributed by atoms with Gasteiger partial charge in [0.25, 0.3) is 6.47 Å². The molecule has 0 spiro atoms. The standard InChI is InChI=1S/C28H40ClN5O6.C11H10N2OS.C10H19NO2.C2H6.CH2O2/c1-21(17-30)23-4-7-27(29)26(16-23)22-2-5-25(6-3-22)40-19-24(31)18-34(33)8-9-36-10-11-37-12-13-38-14-15-39-20-28(32)35;1-8-11(15-7-13-8)9-2-4-10(5-3-9)12-6-14;1-10(2,3)6-9(13)11-5-4-8(12)7-11;1-2;2-1-3/h2-7,16-18H,8-15,19-20,30-31,33H2,1H3,(H2,32,35);2-7H,1H3,(H,12,14);8,12H,4-7H2,1-3H3;1-2H3;1H,(H,2,3)/b21-17-,24-18-;;;;. The van der Waals surface area contributed by atoms with E-state index < -0.39 is 5.91 Å². The predicted molar refractivity (Wildman–Crippen MR) is 289 cm³/mol. The number of β-amino-alcohol motifs (C(OH)–C–C–N with tert-alkyl or cyclic N) is 1. The molecule has 0 aliphatic carbocycles. The van der Waals surface area contributed by atoms with Crippen molar-refractivity contribution in [3.05, 3.63) is 107 Å². The molecule has 11 N–H and O–H groups in total. The van der Waals surface area contributed by atoms with Gasteiger partial charge in [-0.25, -0.2) is 10.8 Å². The Morgan fingerprint density at radius 1 is 0.904 bits per heavy atom. The van der Waals surface area contributed by atoms with E-state index in [0.717, 1.165) is 52.2 Å². The fraction of sp³-hybridized carbons (Fsp3) is 0.442. The van der Waals surface area contributed by atoms with Gasteiger partial charge in [-0.15, -0.1) is 11.3 Å². The van der Waals surface area contributed by atoms with Crippen molar-refractivity contribution in [1.82, 2.24) is 14.9 Å². The Morgan fingerprint density at radius 3 is 1.99 bits per heavy atom. The van der Waals surface area contributed by atoms with Gasteiger partial charge in [0.1, 0.15) is 19.0 Å². The number of aliphatic hydroxyl groups is 1. The predicted octanol–water partition coefficient (Wildman–Crippen LogP) is 6.66. The zero-order valence-corrected chi connectivity index (χ0v) is 44.8. The summed E-state index contributed by atoms with van der Waals surface area (Å²) in [7, 11) is 0. The fourth-order valence-electron chi connectivity index (χ4n) is 6.20. The first-order valence-electron chi connectivity index (χ1n) is 23.6. The molecule has 1 aliphatic rings. The number of benzene rings is 3. The van der Waals surface area contributed by atoms with Gasteiger partial charge in [-0.3, -0.25) is 19.2 Å². The molecular weight excluding hydrogens is 980 g/mol. The number of nitrogens with one attached hydrogen (secondary N) is 1. The van der Waals surface area contributed by atoms with Crippen LogP contribution in [0.5, 0.6) is 5.75 Å². The lowest BCUT2D eigenvalue weighted by molar-refractivity contribution is -0.132. The molecule has 1 saturated heterocycles. The highest BCUT2D eigenvalue weighted by Gasteiger charge is 2.27. The molecule has 1 aliphatic heterocycles. The highest BCUT2D eigenvalue weighted by molar-refractivity contribution is 7.13. The SMILES string of the molecule is C/C(=C/N)c1ccc(Cl)c(-c2ccc(OC/C(N)=C/N(N)CCOCCOCCOCCOCC(N)=O)cc2)c1.CC.CC(C)(C)CC(=O)N1CCC(O)C1.Cc1ncsc1-c1ccc(NC=O)cc1.O=CO. The maximum absolute atomic E-state index is 11.6. The number of aryl methyl sites for hydroxylation is 1. The third-order valence-corrected chi connectivity index (χ3v) is 11.1. The number of amides is 3. The summed E-state index contributed by atoms with van der Waals surface area (Å²) in [5.41, 5.74) is 25.8. The smallest absolute Gasteiger partial charge is 0.290 e. The molecule has 73 heavy (non-hydrogen) atoms. The molecule has 3 aromatic carbocycles. The van der Waals surface area contributed by atoms with Crippen molar-refractivity contribution in [2.24, 2.45) is 28.5 Å². The minimum absolute atomic E-state index is 0.0463. The number of primary amides is 1. The van der Waals surface area contributed by atoms with Crippen molar-refractivity contribution in [3.8, 4) is 27.3 Å². The number of ether oxygens (including phenoxy) is 5. The maximum atomic E-state index is 11.6. The molecular formula is C52H77ClN8O11S. The quantitative estimate of drug-likeness (QED) is 0.0167. The minimum atomic E-state index is -0.506. The van der Waals surface area contributed by atoms with Gasteiger partial charge in [0.15, 0.2) is 0 Å². The Hall–Kier alpha value is -6.10. The van der Waals surface area contributed by atoms with E-state index in [1.165, 1.54) is 9.89 Å². The first-order valence-corrected chi connectivity index (χ1v) is 24.9. The lowest BCUT2D eigenvalue weighted by Crippen LogP contribution is -2.32. The van der Waals surface area contributed by atoms with E-state index in [2.05, 4.69) is 31.1 Å². The lowest BCUT2D eigenvalue weighted by Gasteiger charge is -2.22. The van der Waals surface area contributed by atoms with E-state index in [4.69, 9.17) is 68.2 Å². The number of nitrogens with two attached hydrogens (primary N) is 4. The second-order valence-corrected chi connectivity index (χ2v) is 18.1. The number of anilines is 1. The van der Waals surface area contributed by atoms with Crippen LogP contribution in [0.3, 0.4) is 0 Å². The molecule has 1 atom stereocenters. The fourth-order valence-corrected chi connectivity index (χ4v) is 7.24. The molecule has 0 saturated carbocycles. The number of thiazole rings is 1. The maximum Gasteiger partial charge on any atom is 0.290 e. The minimum Gasteiger partial charge on any atom is -0.487 e. The number of rotatable bonds is 24. The van der Waals surface area contributed by atoms with Gasteiger partial charge >= 0.3 is 0 Å². The summed E-state index contributed by atoms with van der Waals surface area (Å²) >= 11 is 8.04. The van der Waals surface area contributed by atoms with Crippen LogP contribution in [0.4, 0.5) is 5.69 Å². The number of aromatic nitrogens is 1. The van der Waals surface area contributed by atoms with E-state index in [0.29, 0.717) is 88.6 Å². The highest BCUT2D eigenvalue weighted by Crippen LogP contribution is 2.32. The van der Waals surface area contributed by atoms with Gasteiger partial charge in [0.2, 0.25) is 18.2 Å². The normalized spacial score (nSPS) is 13.1. The summed E-state index contributed by atoms with van der Waals surface area (Å²) in [5.74, 6) is 6.30. The van der Waals surface area contributed by atoms with E-state index in [9.17, 15) is 19.5 Å². The summed E-state index contributed by atoms with van der Waals surface area (Å²) in [5, 5.41) is 20.8. The van der Waals surface area contributed by atoms with Gasteiger partial charge in [-0.05, 0) is 90.5 Å². The number of hydrogen-bond acceptors (Lipinski definition) is 16. The summed E-state index contributed by atoms with van der Waals surface area (Å²) in [6, 6.07) is 21.1. The topological polar surface area (TPSA) is 290 Å². The van der Waals surface area contributed by atoms with Gasteiger partial charge in [-0.2, -0.15) is 0 Å². The van der Waals surface area contributed by atoms with Crippen molar-refractivity contribution >= 4 is 58.9 Å². The van der Waals surface area contributed by atoms with Gasteiger partial charge in [-0.1, -0.05) is 76.6 Å². The van der Waals surface area contributed by atoms with Crippen LogP contribution in [0.1, 0.15) is 65.6 Å². The Morgan fingerprint density at radius 2 is 1.48 bits per heavy atom. The van der Waals surface area contributed by atoms with Gasteiger partial charge < -0.3 is 66.3 Å². The van der Waals surface area contributed by atoms with Crippen LogP contribution in [0.2, 0.25) is 5.02 Å². The summed E-state index contributed by atoms with van der Waals surface area (Å²) in [6.07, 6.45) is 4.85. The summed E-state index contributed by atoms with van der Waals surface area (Å²) in [6.45, 7) is 18.4. The van der Waals surface area contributed by atoms with E-state index in [1.807, 2.05) is 99.9 Å². The molecule has 404 valence electrons. The molecule has 1 unspecified atom stereocenters. The number of hydrogen-bond donors (Lipinski definition) is 7. The Balaban J connectivity index is 0.000000649. The van der Waals surface area contributed by atoms with Gasteiger partial charge in [0, 0.05) is 42.0 Å². The van der Waals surface area contributed by atoms with E-state index in [-0.39, 0.29) is 37.1 Å². The van der Waals surface area contributed by atoms with Crippen LogP contribution in [0.25, 0.3) is 27.1 Å². The number of allylic oxidation sites excluding steroid dienone is 1. The number of carbonyl (C=O) groups is 4. The third kappa shape index (κ3) is 28.7. The lowest BCUT2D eigenvalue weighted by atomic mass is 9.92. The Kier molecular flexibility index (Phi) is 33.5. The second kappa shape index (κ2) is 37.6. The molecule has 0 radical (unpaired) electrons. The number of likely N-dealkylation sites (tertiary alicyclic amines) is 1. The first-order chi connectivity index (χ1) is 34.9. The van der Waals surface area contributed by atoms with Crippen LogP contribution in [-0.4, -0.2) is 135 Å². The van der Waals surface area contributed by atoms with Crippen molar-refractivity contribution in [3.63, 3.8) is 0 Å². The Bertz CT molecular complexity index is 2240. The largest absolute Gasteiger partial charge is 0.487 e. The molecule has 4 aromatic rings. The van der Waals surface area contributed by atoms with Crippen molar-refractivity contribution in [2.75, 3.05) is 84.4 Å². The van der Waals surface area contributed by atoms with Crippen LogP contribution in [-0.2, 0) is 38.1 Å². The van der Waals surface area contributed by atoms with Crippen LogP contribution in [0.15, 0.2) is 90.3 Å². The number of aliphatic hydroxyl groups excluding tert-OH is 1. The van der Waals surface area contributed by atoms with Gasteiger partial charge in [0.05, 0.1) is 80.7 Å². The second-order valence-electron chi connectivity index (χ2n) is 16.9. The molecule has 21 heteroatoms. The van der Waals surface area contributed by atoms with E-state index in [1.54, 1.807) is 28.6 Å². The number of hydrazine groups is 1. The zero-order valence-electron chi connectivity index (χ0n) is 43.2. The third-order valence-electron chi connectivity index (χ3n) is 9.74. The molecule has 1 fully saturated rings. The average molecular weight is 1060 g/mol. The average Bonchev–Trinajstić information content (AvgIpc) is 4.01. The molecule has 2 heterocycles. The molecule has 5 rings (SSSR count). The van der Waals surface area contributed by atoms with E-state index >= 15 is 0 Å². The monoisotopic (exact) mass is 1060 g/mol. The number of halogens is 1. The first kappa shape index (κ1) is 64.9. The van der Waals surface area contributed by atoms with Crippen LogP contribution < -0.4 is 33.1 Å². The van der Waals surface area contributed by atoms with Crippen molar-refractivity contribution in [1.29, 1.82) is 0 Å². The molecule has 19 nitrogen and oxygen atoms in total. The molecule has 3 amide bonds. The summed E-state index contributed by atoms with van der Waals surface area (Å²) < 4.78 is 27.0. The molecule has 0 bridgehead atoms. The molecule has 1 aromatic heterocycles. The van der Waals surface area contributed by atoms with Crippen LogP contribution in [0, 0.1) is 12.3 Å². The van der Waals surface area contributed by atoms with Crippen molar-refractivity contribution in [2.45, 2.75) is 67.4 Å². The highest BCUT2D eigenvalue weighted by atomic mass is 35.5. The van der Waals surface area contributed by atoms with Crippen LogP contribution >= 0.6 is 22.9 Å². The Labute approximate surface area is 439 Å². The number of carbonyl (C=O) groups excluding carboxylic acids is 3. The number of carboxylic acid groups (broad SMARTS) is 1. The zero-order chi connectivity index (χ0) is 54.6. The summed E-state index contributed by atoms with van der Waals surface area (Å²) in [4.78, 5) is 47.9. The van der Waals surface area contributed by atoms with Crippen molar-refractivity contribution < 1.29 is 53.1 Å². The number of nitrogens with zero attached hydrogens (tertiary/aromatic N) is 3.